The number of urea groups is 1. The zero-order chi connectivity index (χ0) is 14.8. The van der Waals surface area contributed by atoms with Gasteiger partial charge in [-0.15, -0.1) is 0 Å². The van der Waals surface area contributed by atoms with E-state index in [1.165, 1.54) is 32.1 Å². The van der Waals surface area contributed by atoms with E-state index in [1.807, 2.05) is 12.1 Å². The summed E-state index contributed by atoms with van der Waals surface area (Å²) in [5.74, 6) is 0. The van der Waals surface area contributed by atoms with E-state index in [0.29, 0.717) is 19.2 Å². The van der Waals surface area contributed by atoms with Crippen molar-refractivity contribution in [2.24, 2.45) is 0 Å². The van der Waals surface area contributed by atoms with Gasteiger partial charge in [0, 0.05) is 32.1 Å². The second kappa shape index (κ2) is 9.34. The number of rotatable bonds is 7. The molecule has 2 amide bonds. The number of nitrogens with zero attached hydrogens (tertiary/aromatic N) is 1. The van der Waals surface area contributed by atoms with Crippen molar-refractivity contribution in [1.82, 2.24) is 15.6 Å². The molecule has 2 rings (SSSR count). The number of carbonyl (C=O) groups excluding carboxylic acids is 1. The molecule has 0 spiro atoms. The van der Waals surface area contributed by atoms with Crippen LogP contribution < -0.4 is 10.6 Å². The monoisotopic (exact) mass is 291 g/mol. The first-order valence-corrected chi connectivity index (χ1v) is 7.87. The molecule has 5 heteroatoms. The van der Waals surface area contributed by atoms with E-state index < -0.39 is 0 Å². The molecule has 1 fully saturated rings. The predicted molar refractivity (Wildman–Crippen MR) is 81.9 cm³/mol. The fourth-order valence-electron chi connectivity index (χ4n) is 2.50. The summed E-state index contributed by atoms with van der Waals surface area (Å²) >= 11 is 0. The summed E-state index contributed by atoms with van der Waals surface area (Å²) in [7, 11) is 0. The molecule has 1 aliphatic carbocycles. The van der Waals surface area contributed by atoms with Crippen LogP contribution in [0.3, 0.4) is 0 Å². The second-order valence-corrected chi connectivity index (χ2v) is 5.45. The molecule has 0 saturated heterocycles. The van der Waals surface area contributed by atoms with Gasteiger partial charge in [-0.1, -0.05) is 19.3 Å². The molecule has 0 bridgehead atoms. The number of aromatic nitrogens is 1. The number of amides is 2. The van der Waals surface area contributed by atoms with E-state index in [0.717, 1.165) is 18.6 Å². The lowest BCUT2D eigenvalue weighted by molar-refractivity contribution is 0.0275. The Hall–Kier alpha value is -1.62. The number of carbonyl (C=O) groups is 1. The van der Waals surface area contributed by atoms with E-state index >= 15 is 0 Å². The molecule has 1 aliphatic rings. The Bertz CT molecular complexity index is 405. The Morgan fingerprint density at radius 3 is 2.71 bits per heavy atom. The van der Waals surface area contributed by atoms with Crippen LogP contribution in [0.1, 0.15) is 44.1 Å². The Morgan fingerprint density at radius 2 is 1.95 bits per heavy atom. The standard InChI is InChI=1S/C16H25N3O2/c20-16(19-13-14-7-10-17-11-8-14)18-9-4-12-21-15-5-2-1-3-6-15/h7-8,10-11,15H,1-6,9,12-13H2,(H2,18,19,20). The van der Waals surface area contributed by atoms with E-state index in [-0.39, 0.29) is 6.03 Å². The highest BCUT2D eigenvalue weighted by atomic mass is 16.5. The van der Waals surface area contributed by atoms with Crippen molar-refractivity contribution in [1.29, 1.82) is 0 Å². The predicted octanol–water partition coefficient (Wildman–Crippen LogP) is 2.62. The van der Waals surface area contributed by atoms with Gasteiger partial charge in [0.15, 0.2) is 0 Å². The number of hydrogen-bond donors (Lipinski definition) is 2. The van der Waals surface area contributed by atoms with Crippen LogP contribution in [0.15, 0.2) is 24.5 Å². The quantitative estimate of drug-likeness (QED) is 0.759. The molecule has 1 aromatic heterocycles. The molecule has 0 aliphatic heterocycles. The van der Waals surface area contributed by atoms with E-state index in [4.69, 9.17) is 4.74 Å². The Morgan fingerprint density at radius 1 is 1.19 bits per heavy atom. The molecular formula is C16H25N3O2. The molecule has 116 valence electrons. The van der Waals surface area contributed by atoms with Crippen molar-refractivity contribution in [3.8, 4) is 0 Å². The molecule has 0 radical (unpaired) electrons. The zero-order valence-electron chi connectivity index (χ0n) is 12.5. The van der Waals surface area contributed by atoms with Crippen molar-refractivity contribution in [2.75, 3.05) is 13.2 Å². The van der Waals surface area contributed by atoms with E-state index in [1.54, 1.807) is 12.4 Å². The highest BCUT2D eigenvalue weighted by molar-refractivity contribution is 5.73. The molecule has 1 aromatic rings. The fourth-order valence-corrected chi connectivity index (χ4v) is 2.50. The maximum atomic E-state index is 11.6. The molecule has 0 aromatic carbocycles. The lowest BCUT2D eigenvalue weighted by atomic mass is 9.98. The Kier molecular flexibility index (Phi) is 7.01. The van der Waals surface area contributed by atoms with Crippen LogP contribution in [0.2, 0.25) is 0 Å². The van der Waals surface area contributed by atoms with Gasteiger partial charge in [0.2, 0.25) is 0 Å². The molecule has 21 heavy (non-hydrogen) atoms. The van der Waals surface area contributed by atoms with Gasteiger partial charge in [0.25, 0.3) is 0 Å². The van der Waals surface area contributed by atoms with Gasteiger partial charge in [0.05, 0.1) is 6.10 Å². The number of ether oxygens (including phenoxy) is 1. The molecule has 5 nitrogen and oxygen atoms in total. The normalized spacial score (nSPS) is 15.6. The summed E-state index contributed by atoms with van der Waals surface area (Å²) in [4.78, 5) is 15.5. The lowest BCUT2D eigenvalue weighted by Crippen LogP contribution is -2.36. The van der Waals surface area contributed by atoms with Gasteiger partial charge in [-0.05, 0) is 37.0 Å². The average molecular weight is 291 g/mol. The van der Waals surface area contributed by atoms with Crippen LogP contribution in [-0.4, -0.2) is 30.3 Å². The first kappa shape index (κ1) is 15.8. The highest BCUT2D eigenvalue weighted by Crippen LogP contribution is 2.20. The molecule has 2 N–H and O–H groups in total. The van der Waals surface area contributed by atoms with Crippen LogP contribution in [0.5, 0.6) is 0 Å². The van der Waals surface area contributed by atoms with Crippen molar-refractivity contribution in [3.63, 3.8) is 0 Å². The minimum Gasteiger partial charge on any atom is -0.378 e. The topological polar surface area (TPSA) is 63.2 Å². The van der Waals surface area contributed by atoms with Gasteiger partial charge in [0.1, 0.15) is 0 Å². The minimum atomic E-state index is -0.135. The van der Waals surface area contributed by atoms with Crippen molar-refractivity contribution < 1.29 is 9.53 Å². The third kappa shape index (κ3) is 6.58. The first-order chi connectivity index (χ1) is 10.3. The Balaban J connectivity index is 1.47. The molecule has 0 unspecified atom stereocenters. The third-order valence-electron chi connectivity index (χ3n) is 3.71. The number of nitrogens with one attached hydrogen (secondary N) is 2. The summed E-state index contributed by atoms with van der Waals surface area (Å²) in [6.45, 7) is 1.90. The summed E-state index contributed by atoms with van der Waals surface area (Å²) in [5.41, 5.74) is 1.04. The summed E-state index contributed by atoms with van der Waals surface area (Å²) < 4.78 is 5.82. The van der Waals surface area contributed by atoms with Crippen molar-refractivity contribution >= 4 is 6.03 Å². The van der Waals surface area contributed by atoms with Gasteiger partial charge in [-0.3, -0.25) is 4.98 Å². The number of pyridine rings is 1. The summed E-state index contributed by atoms with van der Waals surface area (Å²) in [5, 5.41) is 5.67. The van der Waals surface area contributed by atoms with Gasteiger partial charge in [-0.25, -0.2) is 4.79 Å². The van der Waals surface area contributed by atoms with Crippen LogP contribution in [-0.2, 0) is 11.3 Å². The maximum absolute atomic E-state index is 11.6. The molecule has 0 atom stereocenters. The SMILES string of the molecule is O=C(NCCCOC1CCCCC1)NCc1ccncc1. The van der Waals surface area contributed by atoms with Gasteiger partial charge in [-0.2, -0.15) is 0 Å². The van der Waals surface area contributed by atoms with Gasteiger partial charge < -0.3 is 15.4 Å². The minimum absolute atomic E-state index is 0.135. The van der Waals surface area contributed by atoms with Crippen LogP contribution in [0.4, 0.5) is 4.79 Å². The van der Waals surface area contributed by atoms with Crippen molar-refractivity contribution in [3.05, 3.63) is 30.1 Å². The van der Waals surface area contributed by atoms with E-state index in [2.05, 4.69) is 15.6 Å². The van der Waals surface area contributed by atoms with Crippen LogP contribution >= 0.6 is 0 Å². The van der Waals surface area contributed by atoms with E-state index in [9.17, 15) is 4.79 Å². The maximum Gasteiger partial charge on any atom is 0.315 e. The lowest BCUT2D eigenvalue weighted by Gasteiger charge is -2.21. The first-order valence-electron chi connectivity index (χ1n) is 7.87. The zero-order valence-corrected chi connectivity index (χ0v) is 12.5. The van der Waals surface area contributed by atoms with Crippen LogP contribution in [0, 0.1) is 0 Å². The summed E-state index contributed by atoms with van der Waals surface area (Å²) in [6, 6.07) is 3.64. The Labute approximate surface area is 126 Å². The van der Waals surface area contributed by atoms with Gasteiger partial charge >= 0.3 is 6.03 Å². The largest absolute Gasteiger partial charge is 0.378 e. The number of hydrogen-bond acceptors (Lipinski definition) is 3. The highest BCUT2D eigenvalue weighted by Gasteiger charge is 2.12. The molecular weight excluding hydrogens is 266 g/mol. The fraction of sp³-hybridized carbons (Fsp3) is 0.625. The summed E-state index contributed by atoms with van der Waals surface area (Å²) in [6.07, 6.45) is 11.1. The smallest absolute Gasteiger partial charge is 0.315 e. The average Bonchev–Trinajstić information content (AvgIpc) is 2.54. The third-order valence-corrected chi connectivity index (χ3v) is 3.71. The van der Waals surface area contributed by atoms with Crippen LogP contribution in [0.25, 0.3) is 0 Å². The molecule has 1 saturated carbocycles. The molecule has 1 heterocycles. The van der Waals surface area contributed by atoms with Crippen molar-refractivity contribution in [2.45, 2.75) is 51.2 Å². The second-order valence-electron chi connectivity index (χ2n) is 5.45.